The molecule has 3 rings (SSSR count). The van der Waals surface area contributed by atoms with E-state index in [-0.39, 0.29) is 18.6 Å². The van der Waals surface area contributed by atoms with Crippen molar-refractivity contribution < 1.29 is 14.3 Å². The lowest BCUT2D eigenvalue weighted by atomic mass is 10.1. The topological polar surface area (TPSA) is 75.3 Å². The van der Waals surface area contributed by atoms with Crippen LogP contribution in [0.25, 0.3) is 11.3 Å². The molecule has 1 aromatic heterocycles. The average molecular weight is 363 g/mol. The van der Waals surface area contributed by atoms with Crippen molar-refractivity contribution in [3.8, 4) is 11.3 Å². The van der Waals surface area contributed by atoms with E-state index < -0.39 is 5.97 Å². The van der Waals surface area contributed by atoms with Crippen LogP contribution in [0.4, 0.5) is 5.69 Å². The van der Waals surface area contributed by atoms with Crippen molar-refractivity contribution in [2.45, 2.75) is 19.9 Å². The molecule has 3 aromatic rings. The Labute approximate surface area is 157 Å². The number of carbonyl (C=O) groups excluding carboxylic acids is 2. The minimum Gasteiger partial charge on any atom is -0.452 e. The van der Waals surface area contributed by atoms with Gasteiger partial charge in [0, 0.05) is 17.3 Å². The van der Waals surface area contributed by atoms with Gasteiger partial charge in [-0.3, -0.25) is 9.89 Å². The zero-order valence-corrected chi connectivity index (χ0v) is 15.3. The summed E-state index contributed by atoms with van der Waals surface area (Å²) in [6.45, 7) is 3.48. The maximum absolute atomic E-state index is 12.6. The molecule has 27 heavy (non-hydrogen) atoms. The smallest absolute Gasteiger partial charge is 0.342 e. The Morgan fingerprint density at radius 1 is 1.04 bits per heavy atom. The summed E-state index contributed by atoms with van der Waals surface area (Å²) in [5.74, 6) is -0.873. The molecule has 0 aliphatic heterocycles. The quantitative estimate of drug-likeness (QED) is 0.678. The van der Waals surface area contributed by atoms with E-state index in [9.17, 15) is 9.59 Å². The molecule has 6 heteroatoms. The van der Waals surface area contributed by atoms with Crippen molar-refractivity contribution in [1.82, 2.24) is 10.2 Å². The number of aromatic amines is 1. The van der Waals surface area contributed by atoms with Gasteiger partial charge in [0.1, 0.15) is 5.56 Å². The number of nitrogens with zero attached hydrogens (tertiary/aromatic N) is 2. The molecule has 0 saturated carbocycles. The van der Waals surface area contributed by atoms with Crippen molar-refractivity contribution in [3.63, 3.8) is 0 Å². The summed E-state index contributed by atoms with van der Waals surface area (Å²) in [4.78, 5) is 26.7. The summed E-state index contributed by atoms with van der Waals surface area (Å²) < 4.78 is 5.27. The lowest BCUT2D eigenvalue weighted by Gasteiger charge is -2.26. The first-order chi connectivity index (χ1) is 13.1. The van der Waals surface area contributed by atoms with Gasteiger partial charge in [-0.25, -0.2) is 4.79 Å². The monoisotopic (exact) mass is 363 g/mol. The summed E-state index contributed by atoms with van der Waals surface area (Å²) in [6.07, 6.45) is 1.41. The van der Waals surface area contributed by atoms with Crippen molar-refractivity contribution in [2.24, 2.45) is 0 Å². The number of benzene rings is 2. The minimum absolute atomic E-state index is 0.0626. The van der Waals surface area contributed by atoms with Gasteiger partial charge < -0.3 is 9.64 Å². The summed E-state index contributed by atoms with van der Waals surface area (Å²) >= 11 is 0. The number of ether oxygens (including phenoxy) is 1. The number of aromatic nitrogens is 2. The van der Waals surface area contributed by atoms with Gasteiger partial charge in [0.25, 0.3) is 5.91 Å². The predicted octanol–water partition coefficient (Wildman–Crippen LogP) is 3.68. The molecule has 0 aliphatic rings. The number of nitrogens with one attached hydrogen (secondary N) is 1. The molecule has 0 spiro atoms. The van der Waals surface area contributed by atoms with Crippen LogP contribution in [-0.2, 0) is 9.53 Å². The molecule has 6 nitrogen and oxygen atoms in total. The van der Waals surface area contributed by atoms with Crippen LogP contribution in [0.15, 0.2) is 66.9 Å². The number of anilines is 1. The molecule has 0 radical (unpaired) electrons. The van der Waals surface area contributed by atoms with Gasteiger partial charge in [-0.15, -0.1) is 0 Å². The van der Waals surface area contributed by atoms with Crippen molar-refractivity contribution >= 4 is 17.6 Å². The van der Waals surface area contributed by atoms with E-state index in [4.69, 9.17) is 4.74 Å². The van der Waals surface area contributed by atoms with Gasteiger partial charge in [-0.1, -0.05) is 48.5 Å². The molecule has 0 bridgehead atoms. The highest BCUT2D eigenvalue weighted by atomic mass is 16.5. The van der Waals surface area contributed by atoms with E-state index in [0.29, 0.717) is 11.3 Å². The van der Waals surface area contributed by atoms with Gasteiger partial charge in [0.15, 0.2) is 6.61 Å². The summed E-state index contributed by atoms with van der Waals surface area (Å²) in [5.41, 5.74) is 2.45. The third-order valence-corrected chi connectivity index (χ3v) is 4.07. The van der Waals surface area contributed by atoms with Crippen LogP contribution >= 0.6 is 0 Å². The highest BCUT2D eigenvalue weighted by Gasteiger charge is 2.22. The Morgan fingerprint density at radius 3 is 2.30 bits per heavy atom. The molecular formula is C21H21N3O3. The first-order valence-corrected chi connectivity index (χ1v) is 8.71. The molecule has 0 fully saturated rings. The summed E-state index contributed by atoms with van der Waals surface area (Å²) in [5, 5.41) is 6.75. The molecule has 1 N–H and O–H groups in total. The number of hydrogen-bond donors (Lipinski definition) is 1. The van der Waals surface area contributed by atoms with Crippen molar-refractivity contribution in [2.75, 3.05) is 11.5 Å². The normalized spacial score (nSPS) is 10.6. The number of esters is 1. The SMILES string of the molecule is CC(C)N(C(=O)COC(=O)c1cn[nH]c1-c1ccccc1)c1ccccc1. The van der Waals surface area contributed by atoms with Gasteiger partial charge in [0.05, 0.1) is 11.9 Å². The maximum atomic E-state index is 12.6. The highest BCUT2D eigenvalue weighted by Crippen LogP contribution is 2.22. The molecule has 0 atom stereocenters. The second-order valence-corrected chi connectivity index (χ2v) is 6.29. The van der Waals surface area contributed by atoms with Crippen molar-refractivity contribution in [3.05, 3.63) is 72.4 Å². The minimum atomic E-state index is -0.590. The first kappa shape index (κ1) is 18.4. The Kier molecular flexibility index (Phi) is 5.66. The van der Waals surface area contributed by atoms with E-state index in [1.165, 1.54) is 6.20 Å². The zero-order chi connectivity index (χ0) is 19.2. The van der Waals surface area contributed by atoms with Gasteiger partial charge in [-0.2, -0.15) is 5.10 Å². The number of H-pyrrole nitrogens is 1. The van der Waals surface area contributed by atoms with Gasteiger partial charge in [-0.05, 0) is 26.0 Å². The number of hydrogen-bond acceptors (Lipinski definition) is 4. The third-order valence-electron chi connectivity index (χ3n) is 4.07. The van der Waals surface area contributed by atoms with Crippen LogP contribution in [0, 0.1) is 0 Å². The summed E-state index contributed by atoms with van der Waals surface area (Å²) in [7, 11) is 0. The molecular weight excluding hydrogens is 342 g/mol. The van der Waals surface area contributed by atoms with Crippen molar-refractivity contribution in [1.29, 1.82) is 0 Å². The Morgan fingerprint density at radius 2 is 1.67 bits per heavy atom. The molecule has 2 aromatic carbocycles. The zero-order valence-electron chi connectivity index (χ0n) is 15.3. The lowest BCUT2D eigenvalue weighted by Crippen LogP contribution is -2.39. The second kappa shape index (κ2) is 8.31. The van der Waals surface area contributed by atoms with E-state index in [1.807, 2.05) is 74.5 Å². The highest BCUT2D eigenvalue weighted by molar-refractivity contribution is 5.99. The molecule has 0 aliphatic carbocycles. The molecule has 1 amide bonds. The second-order valence-electron chi connectivity index (χ2n) is 6.29. The van der Waals surface area contributed by atoms with Crippen LogP contribution < -0.4 is 4.90 Å². The number of para-hydroxylation sites is 1. The average Bonchev–Trinajstić information content (AvgIpc) is 3.17. The fourth-order valence-electron chi connectivity index (χ4n) is 2.86. The van der Waals surface area contributed by atoms with Gasteiger partial charge in [0.2, 0.25) is 0 Å². The van der Waals surface area contributed by atoms with E-state index >= 15 is 0 Å². The fourth-order valence-corrected chi connectivity index (χ4v) is 2.86. The van der Waals surface area contributed by atoms with E-state index in [1.54, 1.807) is 4.90 Å². The largest absolute Gasteiger partial charge is 0.452 e. The Hall–Kier alpha value is -3.41. The summed E-state index contributed by atoms with van der Waals surface area (Å²) in [6, 6.07) is 18.6. The lowest BCUT2D eigenvalue weighted by molar-refractivity contribution is -0.122. The molecule has 0 saturated heterocycles. The van der Waals surface area contributed by atoms with Crippen LogP contribution in [0.1, 0.15) is 24.2 Å². The molecule has 0 unspecified atom stereocenters. The Balaban J connectivity index is 1.71. The predicted molar refractivity (Wildman–Crippen MR) is 103 cm³/mol. The molecule has 1 heterocycles. The van der Waals surface area contributed by atoms with Crippen LogP contribution in [0.3, 0.4) is 0 Å². The number of amides is 1. The Bertz CT molecular complexity index is 905. The van der Waals surface area contributed by atoms with Crippen LogP contribution in [-0.4, -0.2) is 34.7 Å². The third kappa shape index (κ3) is 4.23. The van der Waals surface area contributed by atoms with Crippen LogP contribution in [0.2, 0.25) is 0 Å². The first-order valence-electron chi connectivity index (χ1n) is 8.71. The van der Waals surface area contributed by atoms with Gasteiger partial charge >= 0.3 is 5.97 Å². The number of carbonyl (C=O) groups is 2. The maximum Gasteiger partial charge on any atom is 0.342 e. The standard InChI is InChI=1S/C21H21N3O3/c1-15(2)24(17-11-7-4-8-12-17)19(25)14-27-21(26)18-13-22-23-20(18)16-9-5-3-6-10-16/h3-13,15H,14H2,1-2H3,(H,22,23). The van der Waals surface area contributed by atoms with Crippen LogP contribution in [0.5, 0.6) is 0 Å². The number of rotatable bonds is 6. The van der Waals surface area contributed by atoms with E-state index in [2.05, 4.69) is 10.2 Å². The molecule has 138 valence electrons. The fraction of sp³-hybridized carbons (Fsp3) is 0.190. The van der Waals surface area contributed by atoms with E-state index in [0.717, 1.165) is 11.3 Å².